The number of aromatic nitrogens is 4. The fourth-order valence-corrected chi connectivity index (χ4v) is 4.37. The third kappa shape index (κ3) is 7.00. The van der Waals surface area contributed by atoms with Gasteiger partial charge in [0, 0.05) is 42.1 Å². The van der Waals surface area contributed by atoms with Gasteiger partial charge >= 0.3 is 18.2 Å². The minimum absolute atomic E-state index is 0.0806. The first kappa shape index (κ1) is 28.5. The highest BCUT2D eigenvalue weighted by atomic mass is 19.4. The van der Waals surface area contributed by atoms with Crippen molar-refractivity contribution < 1.29 is 27.9 Å². The molecule has 1 saturated carbocycles. The lowest BCUT2D eigenvalue weighted by Gasteiger charge is -2.16. The maximum absolute atomic E-state index is 12.6. The summed E-state index contributed by atoms with van der Waals surface area (Å²) in [6.45, 7) is 1.59. The van der Waals surface area contributed by atoms with Crippen LogP contribution in [0.3, 0.4) is 0 Å². The van der Waals surface area contributed by atoms with E-state index >= 15 is 0 Å². The second kappa shape index (κ2) is 11.8. The van der Waals surface area contributed by atoms with Gasteiger partial charge in [-0.3, -0.25) is 4.79 Å². The second-order valence-corrected chi connectivity index (χ2v) is 9.86. The van der Waals surface area contributed by atoms with Gasteiger partial charge in [-0.15, -0.1) is 0 Å². The second-order valence-electron chi connectivity index (χ2n) is 9.86. The van der Waals surface area contributed by atoms with Crippen LogP contribution in [-0.4, -0.2) is 61.2 Å². The van der Waals surface area contributed by atoms with Crippen molar-refractivity contribution in [2.45, 2.75) is 37.8 Å². The molecule has 4 aromatic rings. The molecule has 0 unspecified atom stereocenters. The van der Waals surface area contributed by atoms with Crippen molar-refractivity contribution in [3.63, 3.8) is 0 Å². The van der Waals surface area contributed by atoms with Gasteiger partial charge < -0.3 is 25.6 Å². The number of carboxylic acids is 1. The number of nitrogens with one attached hydrogen (secondary N) is 3. The van der Waals surface area contributed by atoms with E-state index in [1.54, 1.807) is 12.3 Å². The lowest BCUT2D eigenvalue weighted by molar-refractivity contribution is -0.192. The van der Waals surface area contributed by atoms with Crippen molar-refractivity contribution in [1.82, 2.24) is 24.8 Å². The van der Waals surface area contributed by atoms with Crippen LogP contribution in [0.4, 0.5) is 35.3 Å². The van der Waals surface area contributed by atoms with Gasteiger partial charge in [0.15, 0.2) is 0 Å². The zero-order chi connectivity index (χ0) is 29.9. The molecule has 0 bridgehead atoms. The summed E-state index contributed by atoms with van der Waals surface area (Å²) in [6, 6.07) is 14.8. The fourth-order valence-electron chi connectivity index (χ4n) is 4.37. The van der Waals surface area contributed by atoms with E-state index in [1.807, 2.05) is 47.4 Å². The van der Waals surface area contributed by atoms with Crippen LogP contribution in [0, 0.1) is 0 Å². The Kier molecular flexibility index (Phi) is 8.04. The van der Waals surface area contributed by atoms with Crippen molar-refractivity contribution in [3.05, 3.63) is 70.9 Å². The Hall–Kier alpha value is -5.01. The van der Waals surface area contributed by atoms with Crippen molar-refractivity contribution >= 4 is 40.2 Å². The Labute approximate surface area is 236 Å². The van der Waals surface area contributed by atoms with Crippen LogP contribution in [0.15, 0.2) is 59.5 Å². The Balaban J connectivity index is 0.000000451. The zero-order valence-corrected chi connectivity index (χ0v) is 22.1. The van der Waals surface area contributed by atoms with Gasteiger partial charge in [-0.2, -0.15) is 13.2 Å². The number of carboxylic acid groups (broad SMARTS) is 1. The molecule has 218 valence electrons. The van der Waals surface area contributed by atoms with E-state index < -0.39 is 12.1 Å². The smallest absolute Gasteiger partial charge is 0.475 e. The predicted octanol–water partition coefficient (Wildman–Crippen LogP) is 5.26. The molecule has 11 nitrogen and oxygen atoms in total. The quantitative estimate of drug-likeness (QED) is 0.249. The van der Waals surface area contributed by atoms with Crippen LogP contribution in [-0.2, 0) is 4.79 Å². The number of hydrogen-bond acceptors (Lipinski definition) is 7. The number of fused-ring (bicyclic) bond motifs is 1. The summed E-state index contributed by atoms with van der Waals surface area (Å²) in [5, 5.41) is 13.8. The van der Waals surface area contributed by atoms with E-state index in [0.29, 0.717) is 34.2 Å². The molecule has 2 aromatic heterocycles. The molecule has 2 aromatic carbocycles. The normalized spacial score (nSPS) is 14.7. The molecule has 0 radical (unpaired) electrons. The number of anilines is 3. The van der Waals surface area contributed by atoms with E-state index in [0.717, 1.165) is 55.8 Å². The number of hydrogen-bond donors (Lipinski definition) is 4. The monoisotopic (exact) mass is 581 g/mol. The number of carbonyl (C=O) groups excluding carboxylic acids is 1. The lowest BCUT2D eigenvalue weighted by Crippen LogP contribution is -2.32. The van der Waals surface area contributed by atoms with Crippen LogP contribution < -0.4 is 16.2 Å². The number of urea groups is 1. The van der Waals surface area contributed by atoms with E-state index in [1.165, 1.54) is 0 Å². The SMILES string of the molecule is O=C(Nc1cccc(Nc2nccc(-c3ccc4nc(C5CC5)[nH]c(=O)c4c3)n2)c1)N1CCCC1.O=C(O)C(F)(F)F. The summed E-state index contributed by atoms with van der Waals surface area (Å²) in [5.74, 6) is -1.17. The Morgan fingerprint density at radius 1 is 1.00 bits per heavy atom. The van der Waals surface area contributed by atoms with E-state index in [4.69, 9.17) is 9.90 Å². The highest BCUT2D eigenvalue weighted by Crippen LogP contribution is 2.38. The van der Waals surface area contributed by atoms with Crippen molar-refractivity contribution in [1.29, 1.82) is 0 Å². The summed E-state index contributed by atoms with van der Waals surface area (Å²) >= 11 is 0. The molecule has 2 fully saturated rings. The molecular formula is C28H26F3N7O4. The number of benzene rings is 2. The largest absolute Gasteiger partial charge is 0.490 e. The number of amides is 2. The molecule has 2 aliphatic rings. The van der Waals surface area contributed by atoms with Gasteiger partial charge in [-0.25, -0.2) is 24.5 Å². The van der Waals surface area contributed by atoms with Crippen LogP contribution in [0.5, 0.6) is 0 Å². The number of aliphatic carboxylic acids is 1. The molecular weight excluding hydrogens is 555 g/mol. The van der Waals surface area contributed by atoms with Gasteiger partial charge in [0.05, 0.1) is 16.6 Å². The number of rotatable bonds is 5. The maximum atomic E-state index is 12.6. The number of likely N-dealkylation sites (tertiary alicyclic amines) is 1. The molecule has 1 aliphatic heterocycles. The summed E-state index contributed by atoms with van der Waals surface area (Å²) in [7, 11) is 0. The van der Waals surface area contributed by atoms with Crippen LogP contribution in [0.1, 0.15) is 37.4 Å². The number of aromatic amines is 1. The number of nitrogens with zero attached hydrogens (tertiary/aromatic N) is 4. The first-order valence-corrected chi connectivity index (χ1v) is 13.2. The summed E-state index contributed by atoms with van der Waals surface area (Å²) in [4.78, 5) is 52.3. The van der Waals surface area contributed by atoms with Crippen LogP contribution >= 0.6 is 0 Å². The molecule has 2 amide bonds. The molecule has 42 heavy (non-hydrogen) atoms. The minimum atomic E-state index is -5.08. The highest BCUT2D eigenvalue weighted by molar-refractivity contribution is 5.90. The molecule has 3 heterocycles. The Morgan fingerprint density at radius 2 is 1.71 bits per heavy atom. The number of carbonyl (C=O) groups is 2. The van der Waals surface area contributed by atoms with E-state index in [-0.39, 0.29) is 11.6 Å². The van der Waals surface area contributed by atoms with Crippen LogP contribution in [0.25, 0.3) is 22.2 Å². The van der Waals surface area contributed by atoms with Gasteiger partial charge in [-0.1, -0.05) is 12.1 Å². The standard InChI is InChI=1S/C26H25N7O2.C2HF3O2/c34-24-20-14-17(8-9-22(20)30-23(32-24)16-6-7-16)21-10-11-27-25(31-21)28-18-4-3-5-19(15-18)29-26(35)33-12-1-2-13-33;3-2(4,5)1(6)7/h3-5,8-11,14-16H,1-2,6-7,12-13H2,(H,29,35)(H,27,28,31)(H,30,32,34);(H,6,7). The topological polar surface area (TPSA) is 153 Å². The van der Waals surface area contributed by atoms with E-state index in [9.17, 15) is 22.8 Å². The first-order chi connectivity index (χ1) is 20.1. The predicted molar refractivity (Wildman–Crippen MR) is 149 cm³/mol. The summed E-state index contributed by atoms with van der Waals surface area (Å²) < 4.78 is 31.7. The lowest BCUT2D eigenvalue weighted by atomic mass is 10.1. The van der Waals surface area contributed by atoms with E-state index in [2.05, 4.69) is 30.6 Å². The van der Waals surface area contributed by atoms with Gasteiger partial charge in [0.1, 0.15) is 5.82 Å². The fraction of sp³-hybridized carbons (Fsp3) is 0.286. The summed E-state index contributed by atoms with van der Waals surface area (Å²) in [5.41, 5.74) is 3.52. The molecule has 4 N–H and O–H groups in total. The Morgan fingerprint density at radius 3 is 2.40 bits per heavy atom. The third-order valence-electron chi connectivity index (χ3n) is 6.64. The van der Waals surface area contributed by atoms with Gasteiger partial charge in [-0.05, 0) is 62.1 Å². The average Bonchev–Trinajstić information content (AvgIpc) is 3.66. The van der Waals surface area contributed by atoms with Crippen molar-refractivity contribution in [2.24, 2.45) is 0 Å². The molecule has 0 spiro atoms. The van der Waals surface area contributed by atoms with Gasteiger partial charge in [0.25, 0.3) is 5.56 Å². The molecule has 1 saturated heterocycles. The average molecular weight is 582 g/mol. The minimum Gasteiger partial charge on any atom is -0.475 e. The maximum Gasteiger partial charge on any atom is 0.490 e. The molecule has 6 rings (SSSR count). The summed E-state index contributed by atoms with van der Waals surface area (Å²) in [6.07, 6.45) is 0.846. The van der Waals surface area contributed by atoms with Crippen LogP contribution in [0.2, 0.25) is 0 Å². The van der Waals surface area contributed by atoms with Gasteiger partial charge in [0.2, 0.25) is 5.95 Å². The molecule has 14 heteroatoms. The number of halogens is 3. The number of alkyl halides is 3. The number of H-pyrrole nitrogens is 1. The zero-order valence-electron chi connectivity index (χ0n) is 22.1. The molecule has 1 aliphatic carbocycles. The first-order valence-electron chi connectivity index (χ1n) is 13.2. The van der Waals surface area contributed by atoms with Crippen molar-refractivity contribution in [3.8, 4) is 11.3 Å². The third-order valence-corrected chi connectivity index (χ3v) is 6.64. The Bertz CT molecular complexity index is 1680. The highest BCUT2D eigenvalue weighted by Gasteiger charge is 2.38. The molecule has 0 atom stereocenters. The van der Waals surface area contributed by atoms with Crippen molar-refractivity contribution in [2.75, 3.05) is 23.7 Å².